The molecule has 2 aliphatic heterocycles. The van der Waals surface area contributed by atoms with Crippen molar-refractivity contribution in [3.8, 4) is 6.07 Å². The minimum absolute atomic E-state index is 0.108. The molecule has 3 atom stereocenters. The molecule has 3 aromatic rings. The minimum atomic E-state index is -1.17. The molecule has 2 fully saturated rings. The number of nitrogens with zero attached hydrogens (tertiary/aromatic N) is 5. The Labute approximate surface area is 201 Å². The highest BCUT2D eigenvalue weighted by Crippen LogP contribution is 2.35. The topological polar surface area (TPSA) is 124 Å². The van der Waals surface area contributed by atoms with Crippen molar-refractivity contribution in [2.24, 2.45) is 11.8 Å². The summed E-state index contributed by atoms with van der Waals surface area (Å²) in [6.45, 7) is 6.91. The molecule has 4 heterocycles. The number of benzene rings is 1. The van der Waals surface area contributed by atoms with Crippen molar-refractivity contribution < 1.29 is 14.6 Å². The van der Waals surface area contributed by atoms with Gasteiger partial charge in [0, 0.05) is 30.5 Å². The van der Waals surface area contributed by atoms with Gasteiger partial charge in [-0.1, -0.05) is 17.7 Å². The van der Waals surface area contributed by atoms with Gasteiger partial charge >= 0.3 is 5.97 Å². The largest absolute Gasteiger partial charge is 0.476 e. The van der Waals surface area contributed by atoms with Crippen LogP contribution < -0.4 is 10.2 Å². The lowest BCUT2D eigenvalue weighted by atomic mass is 10.0. The third kappa shape index (κ3) is 4.00. The van der Waals surface area contributed by atoms with Gasteiger partial charge in [0.1, 0.15) is 11.2 Å². The third-order valence-electron chi connectivity index (χ3n) is 6.47. The summed E-state index contributed by atoms with van der Waals surface area (Å²) in [5.41, 5.74) is 3.62. The monoisotopic (exact) mass is 478 g/mol. The van der Waals surface area contributed by atoms with E-state index in [1.54, 1.807) is 12.1 Å². The molecule has 2 aromatic heterocycles. The normalized spacial score (nSPS) is 20.2. The molecule has 10 heteroatoms. The van der Waals surface area contributed by atoms with Crippen LogP contribution in [0.25, 0.3) is 11.0 Å². The SMILES string of the molecule is Cc1cc([C@@H](C)Nc2ccc(Cl)nc2C(=O)O)c2nc(N3C[C@@H]4COC[C@H]4C3)c(C#N)nc2c1. The Bertz CT molecular complexity index is 1330. The van der Waals surface area contributed by atoms with Crippen molar-refractivity contribution in [1.29, 1.82) is 5.26 Å². The minimum Gasteiger partial charge on any atom is -0.476 e. The predicted molar refractivity (Wildman–Crippen MR) is 127 cm³/mol. The van der Waals surface area contributed by atoms with Gasteiger partial charge in [-0.3, -0.25) is 0 Å². The van der Waals surface area contributed by atoms with E-state index in [1.807, 2.05) is 26.0 Å². The van der Waals surface area contributed by atoms with Gasteiger partial charge in [0.25, 0.3) is 0 Å². The lowest BCUT2D eigenvalue weighted by Crippen LogP contribution is -2.25. The zero-order valence-electron chi connectivity index (χ0n) is 18.7. The molecular weight excluding hydrogens is 456 g/mol. The van der Waals surface area contributed by atoms with E-state index in [9.17, 15) is 15.2 Å². The summed E-state index contributed by atoms with van der Waals surface area (Å²) < 4.78 is 5.59. The van der Waals surface area contributed by atoms with Crippen LogP contribution in [0.15, 0.2) is 24.3 Å². The Morgan fingerprint density at radius 3 is 2.68 bits per heavy atom. The first-order chi connectivity index (χ1) is 16.3. The third-order valence-corrected chi connectivity index (χ3v) is 6.68. The number of fused-ring (bicyclic) bond motifs is 2. The Balaban J connectivity index is 1.56. The molecule has 174 valence electrons. The van der Waals surface area contributed by atoms with Crippen molar-refractivity contribution in [2.75, 3.05) is 36.5 Å². The van der Waals surface area contributed by atoms with Gasteiger partial charge in [-0.15, -0.1) is 0 Å². The summed E-state index contributed by atoms with van der Waals surface area (Å²) in [5, 5.41) is 22.7. The van der Waals surface area contributed by atoms with E-state index in [4.69, 9.17) is 21.3 Å². The van der Waals surface area contributed by atoms with E-state index >= 15 is 0 Å². The Hall–Kier alpha value is -3.48. The maximum Gasteiger partial charge on any atom is 0.356 e. The summed E-state index contributed by atoms with van der Waals surface area (Å²) in [4.78, 5) is 27.3. The van der Waals surface area contributed by atoms with E-state index in [0.717, 1.165) is 37.4 Å². The average molecular weight is 479 g/mol. The van der Waals surface area contributed by atoms with Crippen LogP contribution in [0.1, 0.15) is 40.3 Å². The molecule has 0 unspecified atom stereocenters. The number of hydrogen-bond acceptors (Lipinski definition) is 8. The first-order valence-corrected chi connectivity index (χ1v) is 11.4. The van der Waals surface area contributed by atoms with Gasteiger partial charge in [0.05, 0.1) is 36.0 Å². The van der Waals surface area contributed by atoms with Gasteiger partial charge in [0.15, 0.2) is 17.2 Å². The number of anilines is 2. The van der Waals surface area contributed by atoms with Crippen LogP contribution in [0.4, 0.5) is 11.5 Å². The first kappa shape index (κ1) is 22.3. The number of pyridine rings is 1. The number of nitrogens with one attached hydrogen (secondary N) is 1. The second-order valence-corrected chi connectivity index (χ2v) is 9.28. The average Bonchev–Trinajstić information content (AvgIpc) is 3.41. The summed E-state index contributed by atoms with van der Waals surface area (Å²) in [6.07, 6.45) is 0. The molecule has 0 aliphatic carbocycles. The molecule has 5 rings (SSSR count). The van der Waals surface area contributed by atoms with Gasteiger partial charge in [0.2, 0.25) is 0 Å². The zero-order valence-corrected chi connectivity index (χ0v) is 19.5. The highest BCUT2D eigenvalue weighted by Gasteiger charge is 2.38. The number of carbonyl (C=O) groups is 1. The fraction of sp³-hybridized carbons (Fsp3) is 0.375. The van der Waals surface area contributed by atoms with E-state index in [-0.39, 0.29) is 16.9 Å². The second kappa shape index (κ2) is 8.70. The van der Waals surface area contributed by atoms with Crippen molar-refractivity contribution in [3.63, 3.8) is 0 Å². The Kier molecular flexibility index (Phi) is 5.71. The highest BCUT2D eigenvalue weighted by atomic mass is 35.5. The quantitative estimate of drug-likeness (QED) is 0.526. The van der Waals surface area contributed by atoms with E-state index in [0.29, 0.717) is 40.1 Å². The van der Waals surface area contributed by atoms with Crippen LogP contribution in [0, 0.1) is 30.1 Å². The predicted octanol–water partition coefficient (Wildman–Crippen LogP) is 3.81. The molecule has 0 radical (unpaired) electrons. The first-order valence-electron chi connectivity index (χ1n) is 11.1. The van der Waals surface area contributed by atoms with E-state index in [1.165, 1.54) is 0 Å². The van der Waals surface area contributed by atoms with Crippen molar-refractivity contribution >= 4 is 40.1 Å². The number of aromatic nitrogens is 3. The van der Waals surface area contributed by atoms with Crippen LogP contribution >= 0.6 is 11.6 Å². The summed E-state index contributed by atoms with van der Waals surface area (Å²) in [5.74, 6) is 0.291. The van der Waals surface area contributed by atoms with E-state index in [2.05, 4.69) is 26.3 Å². The number of ether oxygens (including phenoxy) is 1. The number of rotatable bonds is 5. The molecule has 1 aromatic carbocycles. The number of hydrogen-bond donors (Lipinski definition) is 2. The van der Waals surface area contributed by atoms with Crippen LogP contribution in [-0.2, 0) is 4.74 Å². The lowest BCUT2D eigenvalue weighted by Gasteiger charge is -2.22. The number of halogens is 1. The second-order valence-electron chi connectivity index (χ2n) is 8.89. The van der Waals surface area contributed by atoms with Crippen LogP contribution in [-0.4, -0.2) is 52.3 Å². The maximum absolute atomic E-state index is 11.7. The number of carboxylic acid groups (broad SMARTS) is 1. The molecule has 0 bridgehead atoms. The highest BCUT2D eigenvalue weighted by molar-refractivity contribution is 6.29. The molecule has 2 saturated heterocycles. The van der Waals surface area contributed by atoms with Crippen LogP contribution in [0.5, 0.6) is 0 Å². The Morgan fingerprint density at radius 1 is 1.26 bits per heavy atom. The fourth-order valence-electron chi connectivity index (χ4n) is 4.84. The van der Waals surface area contributed by atoms with Gasteiger partial charge in [-0.05, 0) is 37.6 Å². The van der Waals surface area contributed by atoms with Gasteiger partial charge < -0.3 is 20.1 Å². The molecule has 2 N–H and O–H groups in total. The molecule has 0 spiro atoms. The van der Waals surface area contributed by atoms with Crippen LogP contribution in [0.3, 0.4) is 0 Å². The van der Waals surface area contributed by atoms with Crippen molar-refractivity contribution in [2.45, 2.75) is 19.9 Å². The molecule has 34 heavy (non-hydrogen) atoms. The Morgan fingerprint density at radius 2 is 2.00 bits per heavy atom. The number of aromatic carboxylic acids is 1. The molecule has 0 amide bonds. The maximum atomic E-state index is 11.7. The van der Waals surface area contributed by atoms with Gasteiger partial charge in [-0.25, -0.2) is 19.7 Å². The summed E-state index contributed by atoms with van der Waals surface area (Å²) in [6, 6.07) is 8.95. The standard InChI is InChI=1S/C24H23ClN6O3/c1-12-5-16(13(2)27-17-3-4-20(25)29-22(17)24(32)33)21-18(6-12)28-19(7-26)23(30-21)31-8-14-10-34-11-15(14)9-31/h3-6,13-15,27H,8-11H2,1-2H3,(H,32,33)/t13-,14-,15-/m1/s1. The van der Waals surface area contributed by atoms with Crippen molar-refractivity contribution in [1.82, 2.24) is 15.0 Å². The van der Waals surface area contributed by atoms with Crippen LogP contribution in [0.2, 0.25) is 5.15 Å². The summed E-state index contributed by atoms with van der Waals surface area (Å²) >= 11 is 5.90. The molecular formula is C24H23ClN6O3. The number of nitriles is 1. The van der Waals surface area contributed by atoms with Crippen molar-refractivity contribution in [3.05, 3.63) is 51.9 Å². The van der Waals surface area contributed by atoms with Gasteiger partial charge in [-0.2, -0.15) is 5.26 Å². The number of carboxylic acids is 1. The summed E-state index contributed by atoms with van der Waals surface area (Å²) in [7, 11) is 0. The lowest BCUT2D eigenvalue weighted by molar-refractivity contribution is 0.0691. The number of aryl methyl sites for hydroxylation is 1. The van der Waals surface area contributed by atoms with E-state index < -0.39 is 5.97 Å². The smallest absolute Gasteiger partial charge is 0.356 e. The molecule has 2 aliphatic rings. The fourth-order valence-corrected chi connectivity index (χ4v) is 4.98. The molecule has 9 nitrogen and oxygen atoms in total. The molecule has 0 saturated carbocycles. The zero-order chi connectivity index (χ0) is 24.0.